The third-order valence-electron chi connectivity index (χ3n) is 4.96. The van der Waals surface area contributed by atoms with Gasteiger partial charge >= 0.3 is 11.8 Å². The Bertz CT molecular complexity index is 1050. The van der Waals surface area contributed by atoms with Crippen molar-refractivity contribution in [2.75, 3.05) is 19.7 Å². The van der Waals surface area contributed by atoms with Gasteiger partial charge in [-0.25, -0.2) is 8.42 Å². The van der Waals surface area contributed by atoms with Crippen LogP contribution < -0.4 is 10.6 Å². The Morgan fingerprint density at radius 1 is 1.10 bits per heavy atom. The summed E-state index contributed by atoms with van der Waals surface area (Å²) < 4.78 is 33.3. The number of benzene rings is 1. The molecule has 166 valence electrons. The highest BCUT2D eigenvalue weighted by atomic mass is 32.2. The highest BCUT2D eigenvalue weighted by molar-refractivity contribution is 7.89. The zero-order valence-electron chi connectivity index (χ0n) is 17.7. The van der Waals surface area contributed by atoms with E-state index >= 15 is 0 Å². The van der Waals surface area contributed by atoms with Crippen LogP contribution in [-0.2, 0) is 30.9 Å². The van der Waals surface area contributed by atoms with Crippen LogP contribution in [0.4, 0.5) is 0 Å². The number of sulfonamides is 1. The van der Waals surface area contributed by atoms with E-state index in [9.17, 15) is 18.0 Å². The maximum Gasteiger partial charge on any atom is 0.309 e. The summed E-state index contributed by atoms with van der Waals surface area (Å²) in [5.41, 5.74) is 3.09. The molecule has 9 nitrogen and oxygen atoms in total. The summed E-state index contributed by atoms with van der Waals surface area (Å²) in [5, 5.41) is 4.97. The lowest BCUT2D eigenvalue weighted by molar-refractivity contribution is -0.139. The Morgan fingerprint density at radius 3 is 2.35 bits per heavy atom. The van der Waals surface area contributed by atoms with E-state index in [0.717, 1.165) is 11.1 Å². The zero-order chi connectivity index (χ0) is 22.6. The van der Waals surface area contributed by atoms with Crippen LogP contribution >= 0.6 is 0 Å². The minimum atomic E-state index is -3.83. The maximum atomic E-state index is 13.3. The van der Waals surface area contributed by atoms with Crippen molar-refractivity contribution >= 4 is 21.8 Å². The molecule has 1 aliphatic rings. The van der Waals surface area contributed by atoms with E-state index in [1.165, 1.54) is 4.31 Å². The van der Waals surface area contributed by atoms with Gasteiger partial charge in [-0.05, 0) is 49.6 Å². The van der Waals surface area contributed by atoms with Crippen molar-refractivity contribution in [2.45, 2.75) is 38.4 Å². The molecule has 1 saturated heterocycles. The number of ether oxygens (including phenoxy) is 1. The molecular formula is C21H26N4O5S. The summed E-state index contributed by atoms with van der Waals surface area (Å²) in [6, 6.07) is 7.09. The molecule has 2 heterocycles. The average Bonchev–Trinajstić information content (AvgIpc) is 3.19. The number of carbonyl (C=O) groups excluding carboxylic acids is 2. The molecule has 2 amide bonds. The summed E-state index contributed by atoms with van der Waals surface area (Å²) >= 11 is 0. The van der Waals surface area contributed by atoms with E-state index in [4.69, 9.17) is 4.74 Å². The lowest BCUT2D eigenvalue weighted by Crippen LogP contribution is -2.47. The first kappa shape index (κ1) is 22.9. The molecule has 0 aliphatic carbocycles. The molecule has 0 spiro atoms. The van der Waals surface area contributed by atoms with Gasteiger partial charge in [-0.3, -0.25) is 14.6 Å². The second-order valence-corrected chi connectivity index (χ2v) is 9.24. The standard InChI is InChI=1S/C21H26N4O5S/c1-14-10-15(2)19(16(3)11-14)31(28,29)25-8-9-30-18(25)13-24-21(27)20(26)23-12-17-4-6-22-7-5-17/h4-7,10-11,18H,8-9,12-13H2,1-3H3,(H,23,26)(H,24,27)/t18-/m1/s1. The number of rotatable bonds is 6. The first-order valence-electron chi connectivity index (χ1n) is 9.86. The van der Waals surface area contributed by atoms with Gasteiger partial charge in [0, 0.05) is 25.5 Å². The molecule has 1 atom stereocenters. The maximum absolute atomic E-state index is 13.3. The van der Waals surface area contributed by atoms with E-state index in [-0.39, 0.29) is 31.1 Å². The predicted molar refractivity (Wildman–Crippen MR) is 113 cm³/mol. The second-order valence-electron chi connectivity index (χ2n) is 7.42. The number of carbonyl (C=O) groups is 2. The Hall–Kier alpha value is -2.82. The highest BCUT2D eigenvalue weighted by Gasteiger charge is 2.38. The van der Waals surface area contributed by atoms with Gasteiger partial charge in [-0.2, -0.15) is 4.31 Å². The lowest BCUT2D eigenvalue weighted by Gasteiger charge is -2.24. The summed E-state index contributed by atoms with van der Waals surface area (Å²) in [7, 11) is -3.83. The van der Waals surface area contributed by atoms with Crippen LogP contribution in [0, 0.1) is 20.8 Å². The second kappa shape index (κ2) is 9.54. The summed E-state index contributed by atoms with van der Waals surface area (Å²) in [6.45, 7) is 5.85. The van der Waals surface area contributed by atoms with Gasteiger partial charge in [-0.1, -0.05) is 17.7 Å². The normalized spacial score (nSPS) is 16.8. The number of aryl methyl sites for hydroxylation is 3. The largest absolute Gasteiger partial charge is 0.359 e. The summed E-state index contributed by atoms with van der Waals surface area (Å²) in [5.74, 6) is -1.67. The molecule has 10 heteroatoms. The van der Waals surface area contributed by atoms with Crippen molar-refractivity contribution in [1.29, 1.82) is 0 Å². The van der Waals surface area contributed by atoms with Gasteiger partial charge < -0.3 is 15.4 Å². The quantitative estimate of drug-likeness (QED) is 0.634. The van der Waals surface area contributed by atoms with E-state index in [1.807, 2.05) is 19.1 Å². The Labute approximate surface area is 181 Å². The molecule has 1 aromatic heterocycles. The van der Waals surface area contributed by atoms with Crippen molar-refractivity contribution in [3.63, 3.8) is 0 Å². The topological polar surface area (TPSA) is 118 Å². The van der Waals surface area contributed by atoms with Crippen LogP contribution in [0.1, 0.15) is 22.3 Å². The number of hydrogen-bond donors (Lipinski definition) is 2. The average molecular weight is 447 g/mol. The number of hydrogen-bond acceptors (Lipinski definition) is 6. The van der Waals surface area contributed by atoms with Crippen LogP contribution in [0.3, 0.4) is 0 Å². The molecule has 2 aromatic rings. The third kappa shape index (κ3) is 5.27. The predicted octanol–water partition coefficient (Wildman–Crippen LogP) is 0.786. The van der Waals surface area contributed by atoms with Gasteiger partial charge in [0.1, 0.15) is 6.23 Å². The van der Waals surface area contributed by atoms with Crippen LogP contribution in [0.15, 0.2) is 41.6 Å². The summed E-state index contributed by atoms with van der Waals surface area (Å²) in [4.78, 5) is 28.3. The minimum absolute atomic E-state index is 0.134. The van der Waals surface area contributed by atoms with Gasteiger partial charge in [0.2, 0.25) is 10.0 Å². The SMILES string of the molecule is Cc1cc(C)c(S(=O)(=O)N2CCO[C@@H]2CNC(=O)C(=O)NCc2ccncc2)c(C)c1. The number of aromatic nitrogens is 1. The van der Waals surface area contributed by atoms with Crippen molar-refractivity contribution in [3.8, 4) is 0 Å². The Kier molecular flexibility index (Phi) is 7.04. The molecule has 0 saturated carbocycles. The molecule has 3 rings (SSSR count). The van der Waals surface area contributed by atoms with Gasteiger partial charge in [-0.15, -0.1) is 0 Å². The molecule has 1 fully saturated rings. The van der Waals surface area contributed by atoms with Crippen molar-refractivity contribution in [3.05, 3.63) is 58.9 Å². The first-order valence-corrected chi connectivity index (χ1v) is 11.3. The van der Waals surface area contributed by atoms with Crippen LogP contribution in [0.2, 0.25) is 0 Å². The number of nitrogens with zero attached hydrogens (tertiary/aromatic N) is 2. The fourth-order valence-corrected chi connectivity index (χ4v) is 5.58. The molecule has 31 heavy (non-hydrogen) atoms. The third-order valence-corrected chi connectivity index (χ3v) is 7.16. The van der Waals surface area contributed by atoms with Crippen LogP contribution in [0.5, 0.6) is 0 Å². The molecule has 0 unspecified atom stereocenters. The van der Waals surface area contributed by atoms with E-state index in [1.54, 1.807) is 38.4 Å². The van der Waals surface area contributed by atoms with Crippen molar-refractivity contribution < 1.29 is 22.7 Å². The first-order chi connectivity index (χ1) is 14.7. The lowest BCUT2D eigenvalue weighted by atomic mass is 10.1. The van der Waals surface area contributed by atoms with Crippen molar-refractivity contribution in [2.24, 2.45) is 0 Å². The monoisotopic (exact) mass is 446 g/mol. The zero-order valence-corrected chi connectivity index (χ0v) is 18.5. The fourth-order valence-electron chi connectivity index (χ4n) is 3.66. The minimum Gasteiger partial charge on any atom is -0.359 e. The van der Waals surface area contributed by atoms with E-state index < -0.39 is 28.1 Å². The van der Waals surface area contributed by atoms with Crippen molar-refractivity contribution in [1.82, 2.24) is 19.9 Å². The van der Waals surface area contributed by atoms with E-state index in [2.05, 4.69) is 15.6 Å². The van der Waals surface area contributed by atoms with Gasteiger partial charge in [0.25, 0.3) is 0 Å². The smallest absolute Gasteiger partial charge is 0.309 e. The molecule has 2 N–H and O–H groups in total. The van der Waals surface area contributed by atoms with Crippen LogP contribution in [-0.4, -0.2) is 55.4 Å². The number of amides is 2. The summed E-state index contributed by atoms with van der Waals surface area (Å²) in [6.07, 6.45) is 2.29. The highest BCUT2D eigenvalue weighted by Crippen LogP contribution is 2.28. The number of nitrogens with one attached hydrogen (secondary N) is 2. The molecule has 0 bridgehead atoms. The molecule has 1 aromatic carbocycles. The number of pyridine rings is 1. The Morgan fingerprint density at radius 2 is 1.71 bits per heavy atom. The van der Waals surface area contributed by atoms with Gasteiger partial charge in [0.05, 0.1) is 18.0 Å². The molecule has 0 radical (unpaired) electrons. The van der Waals surface area contributed by atoms with Crippen LogP contribution in [0.25, 0.3) is 0 Å². The van der Waals surface area contributed by atoms with E-state index in [0.29, 0.717) is 11.1 Å². The Balaban J connectivity index is 1.63. The molecular weight excluding hydrogens is 420 g/mol. The molecule has 1 aliphatic heterocycles. The van der Waals surface area contributed by atoms with Gasteiger partial charge in [0.15, 0.2) is 0 Å². The fraction of sp³-hybridized carbons (Fsp3) is 0.381.